The van der Waals surface area contributed by atoms with Crippen molar-refractivity contribution < 1.29 is 19.1 Å². The molecule has 2 fully saturated rings. The Morgan fingerprint density at radius 3 is 2.27 bits per heavy atom. The lowest BCUT2D eigenvalue weighted by Crippen LogP contribution is -2.47. The highest BCUT2D eigenvalue weighted by Gasteiger charge is 2.47. The first-order valence-corrected chi connectivity index (χ1v) is 10.4. The maximum atomic E-state index is 13.1. The summed E-state index contributed by atoms with van der Waals surface area (Å²) in [6, 6.07) is 7.40. The molecule has 0 unspecified atom stereocenters. The minimum Gasteiger partial charge on any atom is -0.497 e. The van der Waals surface area contributed by atoms with E-state index >= 15 is 0 Å². The number of amides is 4. The highest BCUT2D eigenvalue weighted by atomic mass is 16.5. The van der Waals surface area contributed by atoms with Crippen LogP contribution in [-0.4, -0.2) is 97.9 Å². The van der Waals surface area contributed by atoms with Crippen LogP contribution in [0.3, 0.4) is 0 Å². The van der Waals surface area contributed by atoms with Gasteiger partial charge in [0, 0.05) is 65.2 Å². The largest absolute Gasteiger partial charge is 0.497 e. The van der Waals surface area contributed by atoms with Crippen LogP contribution in [0.25, 0.3) is 0 Å². The second-order valence-corrected chi connectivity index (χ2v) is 8.52. The summed E-state index contributed by atoms with van der Waals surface area (Å²) in [5.41, 5.74) is 0.489. The summed E-state index contributed by atoms with van der Waals surface area (Å²) in [6.45, 7) is 5.08. The fourth-order valence-electron chi connectivity index (χ4n) is 4.43. The number of methoxy groups -OCH3 is 1. The predicted octanol–water partition coefficient (Wildman–Crippen LogP) is 1.30. The van der Waals surface area contributed by atoms with Crippen molar-refractivity contribution in [3.63, 3.8) is 0 Å². The first-order chi connectivity index (χ1) is 14.3. The van der Waals surface area contributed by atoms with E-state index in [0.29, 0.717) is 45.7 Å². The molecule has 30 heavy (non-hydrogen) atoms. The molecule has 0 aliphatic carbocycles. The smallest absolute Gasteiger partial charge is 0.319 e. The second-order valence-electron chi connectivity index (χ2n) is 8.52. The van der Waals surface area contributed by atoms with Gasteiger partial charge < -0.3 is 24.3 Å². The molecular formula is C22H32N4O4. The second kappa shape index (κ2) is 8.93. The lowest BCUT2D eigenvalue weighted by molar-refractivity contribution is -0.132. The third kappa shape index (κ3) is 4.68. The van der Waals surface area contributed by atoms with Crippen LogP contribution in [-0.2, 0) is 16.0 Å². The van der Waals surface area contributed by atoms with Crippen molar-refractivity contribution in [2.75, 3.05) is 60.5 Å². The Balaban J connectivity index is 1.80. The average Bonchev–Trinajstić information content (AvgIpc) is 2.91. The molecular weight excluding hydrogens is 384 g/mol. The van der Waals surface area contributed by atoms with Crippen LogP contribution in [0.1, 0.15) is 18.9 Å². The fraction of sp³-hybridized carbons (Fsp3) is 0.591. The first-order valence-electron chi connectivity index (χ1n) is 10.4. The summed E-state index contributed by atoms with van der Waals surface area (Å²) in [5, 5.41) is 0. The van der Waals surface area contributed by atoms with Gasteiger partial charge in [-0.25, -0.2) is 4.79 Å². The summed E-state index contributed by atoms with van der Waals surface area (Å²) in [6.07, 6.45) is 0.650. The van der Waals surface area contributed by atoms with E-state index in [4.69, 9.17) is 4.74 Å². The number of carbonyl (C=O) groups is 3. The average molecular weight is 417 g/mol. The zero-order valence-electron chi connectivity index (χ0n) is 18.4. The number of urea groups is 1. The van der Waals surface area contributed by atoms with Gasteiger partial charge in [-0.15, -0.1) is 0 Å². The molecule has 1 aromatic carbocycles. The van der Waals surface area contributed by atoms with E-state index in [1.807, 2.05) is 41.0 Å². The van der Waals surface area contributed by atoms with Gasteiger partial charge >= 0.3 is 6.03 Å². The summed E-state index contributed by atoms with van der Waals surface area (Å²) in [4.78, 5) is 45.4. The van der Waals surface area contributed by atoms with Crippen molar-refractivity contribution in [2.24, 2.45) is 5.41 Å². The van der Waals surface area contributed by atoms with Gasteiger partial charge in [0.25, 0.3) is 0 Å². The summed E-state index contributed by atoms with van der Waals surface area (Å²) in [5.74, 6) is 0.863. The van der Waals surface area contributed by atoms with Gasteiger partial charge in [0.2, 0.25) is 11.8 Å². The SMILES string of the molecule is CCN1C[C@]2(CC1=O)CN(C(=O)Cc1ccc(OC)cc1)CCN(C(=O)N(C)C)C2. The molecule has 0 saturated carbocycles. The zero-order valence-corrected chi connectivity index (χ0v) is 18.4. The Morgan fingerprint density at radius 2 is 1.70 bits per heavy atom. The maximum absolute atomic E-state index is 13.1. The Morgan fingerprint density at radius 1 is 1.07 bits per heavy atom. The lowest BCUT2D eigenvalue weighted by atomic mass is 9.86. The highest BCUT2D eigenvalue weighted by Crippen LogP contribution is 2.35. The van der Waals surface area contributed by atoms with E-state index in [1.54, 1.807) is 31.0 Å². The quantitative estimate of drug-likeness (QED) is 0.742. The van der Waals surface area contributed by atoms with E-state index in [-0.39, 0.29) is 24.3 Å². The van der Waals surface area contributed by atoms with E-state index in [9.17, 15) is 14.4 Å². The first kappa shape index (κ1) is 21.9. The number of ether oxygens (including phenoxy) is 1. The van der Waals surface area contributed by atoms with Gasteiger partial charge in [-0.1, -0.05) is 12.1 Å². The van der Waals surface area contributed by atoms with E-state index < -0.39 is 5.41 Å². The number of hydrogen-bond acceptors (Lipinski definition) is 4. The molecule has 1 atom stereocenters. The Hall–Kier alpha value is -2.77. The number of likely N-dealkylation sites (tertiary alicyclic amines) is 1. The van der Waals surface area contributed by atoms with Crippen LogP contribution in [0.4, 0.5) is 4.79 Å². The summed E-state index contributed by atoms with van der Waals surface area (Å²) >= 11 is 0. The molecule has 2 saturated heterocycles. The molecule has 2 heterocycles. The van der Waals surface area contributed by atoms with E-state index in [2.05, 4.69) is 0 Å². The third-order valence-corrected chi connectivity index (χ3v) is 6.00. The normalized spacial score (nSPS) is 21.7. The van der Waals surface area contributed by atoms with Crippen molar-refractivity contribution in [1.29, 1.82) is 0 Å². The van der Waals surface area contributed by atoms with Gasteiger partial charge in [0.05, 0.1) is 13.5 Å². The molecule has 0 bridgehead atoms. The summed E-state index contributed by atoms with van der Waals surface area (Å²) in [7, 11) is 5.06. The standard InChI is InChI=1S/C22H32N4O4/c1-5-24-14-22(13-20(24)28)15-25(10-11-26(16-22)21(29)23(2)3)19(27)12-17-6-8-18(30-4)9-7-17/h6-9H,5,10-16H2,1-4H3/t22-/m1/s1. The predicted molar refractivity (Wildman–Crippen MR) is 113 cm³/mol. The monoisotopic (exact) mass is 416 g/mol. The molecule has 3 rings (SSSR count). The molecule has 8 nitrogen and oxygen atoms in total. The molecule has 8 heteroatoms. The van der Waals surface area contributed by atoms with E-state index in [0.717, 1.165) is 11.3 Å². The van der Waals surface area contributed by atoms with Crippen molar-refractivity contribution in [3.8, 4) is 5.75 Å². The van der Waals surface area contributed by atoms with Crippen molar-refractivity contribution in [3.05, 3.63) is 29.8 Å². The van der Waals surface area contributed by atoms with Crippen LogP contribution in [0.2, 0.25) is 0 Å². The molecule has 0 aromatic heterocycles. The van der Waals surface area contributed by atoms with Crippen LogP contribution in [0.5, 0.6) is 5.75 Å². The van der Waals surface area contributed by atoms with Crippen LogP contribution >= 0.6 is 0 Å². The van der Waals surface area contributed by atoms with Crippen molar-refractivity contribution >= 4 is 17.8 Å². The molecule has 164 valence electrons. The van der Waals surface area contributed by atoms with Gasteiger partial charge in [-0.3, -0.25) is 9.59 Å². The number of carbonyl (C=O) groups excluding carboxylic acids is 3. The van der Waals surface area contributed by atoms with E-state index in [1.165, 1.54) is 0 Å². The highest BCUT2D eigenvalue weighted by molar-refractivity contribution is 5.82. The summed E-state index contributed by atoms with van der Waals surface area (Å²) < 4.78 is 5.18. The molecule has 1 spiro atoms. The number of benzene rings is 1. The van der Waals surface area contributed by atoms with Gasteiger partial charge in [-0.05, 0) is 24.6 Å². The fourth-order valence-corrected chi connectivity index (χ4v) is 4.43. The van der Waals surface area contributed by atoms with Gasteiger partial charge in [0.1, 0.15) is 5.75 Å². The minimum atomic E-state index is -0.426. The topological polar surface area (TPSA) is 73.4 Å². The molecule has 1 aromatic rings. The van der Waals surface area contributed by atoms with Crippen LogP contribution in [0, 0.1) is 5.41 Å². The van der Waals surface area contributed by atoms with Crippen LogP contribution < -0.4 is 4.74 Å². The molecule has 2 aliphatic heterocycles. The molecule has 0 N–H and O–H groups in total. The Kier molecular flexibility index (Phi) is 6.53. The number of hydrogen-bond donors (Lipinski definition) is 0. The minimum absolute atomic E-state index is 0.0149. The van der Waals surface area contributed by atoms with Gasteiger partial charge in [-0.2, -0.15) is 0 Å². The Labute approximate surface area is 178 Å². The number of rotatable bonds is 4. The third-order valence-electron chi connectivity index (χ3n) is 6.00. The molecule has 2 aliphatic rings. The zero-order chi connectivity index (χ0) is 21.9. The van der Waals surface area contributed by atoms with Crippen molar-refractivity contribution in [2.45, 2.75) is 19.8 Å². The van der Waals surface area contributed by atoms with Gasteiger partial charge in [0.15, 0.2) is 0 Å². The number of nitrogens with zero attached hydrogens (tertiary/aromatic N) is 4. The molecule has 0 radical (unpaired) electrons. The maximum Gasteiger partial charge on any atom is 0.319 e. The van der Waals surface area contributed by atoms with Crippen LogP contribution in [0.15, 0.2) is 24.3 Å². The lowest BCUT2D eigenvalue weighted by Gasteiger charge is -2.34. The van der Waals surface area contributed by atoms with Crippen molar-refractivity contribution in [1.82, 2.24) is 19.6 Å². The Bertz CT molecular complexity index is 795. The molecule has 4 amide bonds.